The van der Waals surface area contributed by atoms with E-state index in [1.807, 2.05) is 18.2 Å². The van der Waals surface area contributed by atoms with Gasteiger partial charge in [-0.1, -0.05) is 46.4 Å². The van der Waals surface area contributed by atoms with Gasteiger partial charge in [0.05, 0.1) is 0 Å². The van der Waals surface area contributed by atoms with Gasteiger partial charge < -0.3 is 10.4 Å². The molecule has 0 amide bonds. The molecule has 19 heavy (non-hydrogen) atoms. The van der Waals surface area contributed by atoms with Crippen molar-refractivity contribution in [1.82, 2.24) is 5.32 Å². The van der Waals surface area contributed by atoms with Crippen molar-refractivity contribution in [2.75, 3.05) is 13.2 Å². The monoisotopic (exact) mass is 345 g/mol. The molecule has 1 aliphatic rings. The predicted octanol–water partition coefficient (Wildman–Crippen LogP) is 4.31. The minimum absolute atomic E-state index is 0.0795. The molecule has 2 N–H and O–H groups in total. The zero-order chi connectivity index (χ0) is 13.9. The largest absolute Gasteiger partial charge is 0.396 e. The number of aliphatic hydroxyl groups is 1. The lowest BCUT2D eigenvalue weighted by Crippen LogP contribution is -2.36. The van der Waals surface area contributed by atoms with Gasteiger partial charge in [0.25, 0.3) is 0 Å². The van der Waals surface area contributed by atoms with Crippen LogP contribution in [-0.2, 0) is 0 Å². The van der Waals surface area contributed by atoms with Gasteiger partial charge in [0.2, 0.25) is 0 Å². The molecule has 106 valence electrons. The predicted molar refractivity (Wildman–Crippen MR) is 83.6 cm³/mol. The molecule has 1 aliphatic carbocycles. The number of hydrogen-bond donors (Lipinski definition) is 2. The van der Waals surface area contributed by atoms with E-state index in [2.05, 4.69) is 28.2 Å². The first-order valence-corrected chi connectivity index (χ1v) is 8.03. The topological polar surface area (TPSA) is 32.3 Å². The zero-order valence-corrected chi connectivity index (χ0v) is 13.6. The van der Waals surface area contributed by atoms with E-state index in [1.54, 1.807) is 0 Å². The fourth-order valence-corrected chi connectivity index (χ4v) is 3.69. The Morgan fingerprint density at radius 1 is 1.42 bits per heavy atom. The highest BCUT2D eigenvalue weighted by atomic mass is 79.9. The van der Waals surface area contributed by atoms with Gasteiger partial charge in [-0.25, -0.2) is 0 Å². The van der Waals surface area contributed by atoms with E-state index < -0.39 is 0 Å². The molecule has 1 aromatic rings. The van der Waals surface area contributed by atoms with Crippen LogP contribution >= 0.6 is 27.5 Å². The van der Waals surface area contributed by atoms with Crippen LogP contribution in [0.5, 0.6) is 0 Å². The molecule has 4 heteroatoms. The van der Waals surface area contributed by atoms with Crippen LogP contribution in [0.4, 0.5) is 0 Å². The Balaban J connectivity index is 1.99. The summed E-state index contributed by atoms with van der Waals surface area (Å²) in [6, 6.07) is 6.18. The average molecular weight is 347 g/mol. The molecule has 0 heterocycles. The quantitative estimate of drug-likeness (QED) is 0.833. The van der Waals surface area contributed by atoms with E-state index in [-0.39, 0.29) is 18.1 Å². The highest BCUT2D eigenvalue weighted by molar-refractivity contribution is 9.10. The number of benzene rings is 1. The Bertz CT molecular complexity index is 432. The summed E-state index contributed by atoms with van der Waals surface area (Å²) in [5.41, 5.74) is 1.19. The highest BCUT2D eigenvalue weighted by Gasteiger charge is 2.33. The third kappa shape index (κ3) is 3.72. The van der Waals surface area contributed by atoms with Crippen molar-refractivity contribution >= 4 is 27.5 Å². The summed E-state index contributed by atoms with van der Waals surface area (Å²) in [6.07, 6.45) is 4.71. The lowest BCUT2D eigenvalue weighted by molar-refractivity contribution is 0.125. The second-order valence-electron chi connectivity index (χ2n) is 5.63. The molecular formula is C15H21BrClNO. The molecule has 1 aromatic carbocycles. The number of aliphatic hydroxyl groups excluding tert-OH is 1. The zero-order valence-electron chi connectivity index (χ0n) is 11.3. The van der Waals surface area contributed by atoms with Crippen LogP contribution in [0.25, 0.3) is 0 Å². The third-order valence-corrected chi connectivity index (χ3v) is 5.03. The average Bonchev–Trinajstić information content (AvgIpc) is 2.85. The first-order chi connectivity index (χ1) is 9.06. The summed E-state index contributed by atoms with van der Waals surface area (Å²) in [6.45, 7) is 3.26. The van der Waals surface area contributed by atoms with Crippen molar-refractivity contribution in [1.29, 1.82) is 0 Å². The summed E-state index contributed by atoms with van der Waals surface area (Å²) in [4.78, 5) is 0. The summed E-state index contributed by atoms with van der Waals surface area (Å²) in [7, 11) is 0. The Morgan fingerprint density at radius 3 is 2.68 bits per heavy atom. The minimum atomic E-state index is 0.0795. The second kappa shape index (κ2) is 6.57. The molecule has 0 bridgehead atoms. The Kier molecular flexibility index (Phi) is 5.29. The molecule has 0 aromatic heterocycles. The number of nitrogens with one attached hydrogen (secondary N) is 1. The van der Waals surface area contributed by atoms with Crippen molar-refractivity contribution in [3.63, 3.8) is 0 Å². The van der Waals surface area contributed by atoms with Gasteiger partial charge in [-0.3, -0.25) is 0 Å². The molecular weight excluding hydrogens is 326 g/mol. The lowest BCUT2D eigenvalue weighted by atomic mass is 9.87. The summed E-state index contributed by atoms with van der Waals surface area (Å²) < 4.78 is 0.996. The molecule has 1 fully saturated rings. The van der Waals surface area contributed by atoms with E-state index in [9.17, 15) is 5.11 Å². The van der Waals surface area contributed by atoms with Crippen molar-refractivity contribution in [3.05, 3.63) is 33.3 Å². The van der Waals surface area contributed by atoms with Crippen LogP contribution < -0.4 is 5.32 Å². The van der Waals surface area contributed by atoms with Crippen LogP contribution in [-0.4, -0.2) is 18.3 Å². The summed E-state index contributed by atoms with van der Waals surface area (Å²) in [5.74, 6) is 0. The fourth-order valence-electron chi connectivity index (χ4n) is 2.85. The number of rotatable bonds is 5. The van der Waals surface area contributed by atoms with Crippen molar-refractivity contribution in [2.24, 2.45) is 5.41 Å². The maximum atomic E-state index is 9.62. The highest BCUT2D eigenvalue weighted by Crippen LogP contribution is 2.37. The smallest absolute Gasteiger partial charge is 0.0499 e. The van der Waals surface area contributed by atoms with E-state index >= 15 is 0 Å². The van der Waals surface area contributed by atoms with Crippen LogP contribution in [0, 0.1) is 5.41 Å². The van der Waals surface area contributed by atoms with Crippen LogP contribution in [0.15, 0.2) is 22.7 Å². The maximum Gasteiger partial charge on any atom is 0.0499 e. The molecule has 2 nitrogen and oxygen atoms in total. The number of hydrogen-bond acceptors (Lipinski definition) is 2. The molecule has 0 spiro atoms. The number of halogens is 2. The van der Waals surface area contributed by atoms with Crippen LogP contribution in [0.2, 0.25) is 5.02 Å². The normalized spacial score (nSPS) is 19.6. The van der Waals surface area contributed by atoms with Gasteiger partial charge >= 0.3 is 0 Å². The minimum Gasteiger partial charge on any atom is -0.396 e. The summed E-state index contributed by atoms with van der Waals surface area (Å²) in [5, 5.41) is 13.9. The van der Waals surface area contributed by atoms with E-state index in [4.69, 9.17) is 11.6 Å². The third-order valence-electron chi connectivity index (χ3n) is 4.21. The Hall–Kier alpha value is -0.0900. The van der Waals surface area contributed by atoms with E-state index in [0.29, 0.717) is 0 Å². The van der Waals surface area contributed by atoms with E-state index in [1.165, 1.54) is 12.8 Å². The van der Waals surface area contributed by atoms with Crippen molar-refractivity contribution < 1.29 is 5.11 Å². The van der Waals surface area contributed by atoms with E-state index in [0.717, 1.165) is 34.4 Å². The lowest BCUT2D eigenvalue weighted by Gasteiger charge is -2.29. The second-order valence-corrected chi connectivity index (χ2v) is 6.96. The molecule has 0 aliphatic heterocycles. The van der Waals surface area contributed by atoms with Gasteiger partial charge in [-0.2, -0.15) is 0 Å². The maximum absolute atomic E-state index is 9.62. The SMILES string of the molecule is CC(NCC1(CO)CCCC1)c1ccc(Br)cc1Cl. The van der Waals surface area contributed by atoms with Crippen LogP contribution in [0.1, 0.15) is 44.2 Å². The van der Waals surface area contributed by atoms with Gasteiger partial charge in [0.15, 0.2) is 0 Å². The summed E-state index contributed by atoms with van der Waals surface area (Å²) >= 11 is 9.69. The van der Waals surface area contributed by atoms with Crippen molar-refractivity contribution in [2.45, 2.75) is 38.6 Å². The van der Waals surface area contributed by atoms with Gasteiger partial charge in [0, 0.05) is 34.1 Å². The van der Waals surface area contributed by atoms with Gasteiger partial charge in [0.1, 0.15) is 0 Å². The van der Waals surface area contributed by atoms with Gasteiger partial charge in [-0.05, 0) is 37.5 Å². The molecule has 0 saturated heterocycles. The first-order valence-electron chi connectivity index (χ1n) is 6.85. The molecule has 2 rings (SSSR count). The Labute approximate surface area is 128 Å². The fraction of sp³-hybridized carbons (Fsp3) is 0.600. The molecule has 1 unspecified atom stereocenters. The standard InChI is InChI=1S/C15H21BrClNO/c1-11(13-5-4-12(16)8-14(13)17)18-9-15(10-19)6-2-3-7-15/h4-5,8,11,18-19H,2-3,6-7,9-10H2,1H3. The molecule has 0 radical (unpaired) electrons. The molecule has 1 atom stereocenters. The van der Waals surface area contributed by atoms with Crippen molar-refractivity contribution in [3.8, 4) is 0 Å². The Morgan fingerprint density at radius 2 is 2.11 bits per heavy atom. The van der Waals surface area contributed by atoms with Gasteiger partial charge in [-0.15, -0.1) is 0 Å². The van der Waals surface area contributed by atoms with Crippen LogP contribution in [0.3, 0.4) is 0 Å². The first kappa shape index (κ1) is 15.3. The molecule has 1 saturated carbocycles.